The van der Waals surface area contributed by atoms with E-state index in [0.717, 1.165) is 21.8 Å². The molecule has 2 amide bonds. The zero-order valence-electron chi connectivity index (χ0n) is 13.5. The van der Waals surface area contributed by atoms with Gasteiger partial charge in [-0.15, -0.1) is 0 Å². The number of hydrogen-bond donors (Lipinski definition) is 1. The van der Waals surface area contributed by atoms with Crippen molar-refractivity contribution in [1.29, 1.82) is 0 Å². The summed E-state index contributed by atoms with van der Waals surface area (Å²) in [6, 6.07) is 10.5. The Labute approximate surface area is 171 Å². The molecule has 134 valence electrons. The van der Waals surface area contributed by atoms with Crippen molar-refractivity contribution in [3.8, 4) is 11.5 Å². The SMILES string of the molecule is COc1cc(/C=C2\SC(=O)N(Cc3ccccc3Br)C2=O)c(Br)cc1O. The van der Waals surface area contributed by atoms with Gasteiger partial charge in [0.25, 0.3) is 11.1 Å². The first-order valence-corrected chi connectivity index (χ1v) is 9.86. The number of ether oxygens (including phenoxy) is 1. The topological polar surface area (TPSA) is 66.8 Å². The highest BCUT2D eigenvalue weighted by Crippen LogP contribution is 2.38. The highest BCUT2D eigenvalue weighted by molar-refractivity contribution is 9.10. The minimum atomic E-state index is -0.352. The van der Waals surface area contributed by atoms with Crippen LogP contribution in [-0.4, -0.2) is 28.3 Å². The molecular formula is C18H13Br2NO4S. The largest absolute Gasteiger partial charge is 0.504 e. The zero-order valence-corrected chi connectivity index (χ0v) is 17.5. The summed E-state index contributed by atoms with van der Waals surface area (Å²) >= 11 is 7.66. The van der Waals surface area contributed by atoms with E-state index in [2.05, 4.69) is 31.9 Å². The van der Waals surface area contributed by atoms with Crippen LogP contribution in [0.25, 0.3) is 6.08 Å². The number of thioether (sulfide) groups is 1. The van der Waals surface area contributed by atoms with E-state index in [0.29, 0.717) is 14.9 Å². The molecule has 0 bridgehead atoms. The van der Waals surface area contributed by atoms with Crippen molar-refractivity contribution in [2.24, 2.45) is 0 Å². The lowest BCUT2D eigenvalue weighted by molar-refractivity contribution is -0.123. The summed E-state index contributed by atoms with van der Waals surface area (Å²) in [7, 11) is 1.44. The maximum absolute atomic E-state index is 12.7. The van der Waals surface area contributed by atoms with E-state index in [1.165, 1.54) is 18.1 Å². The van der Waals surface area contributed by atoms with Gasteiger partial charge in [0.2, 0.25) is 0 Å². The molecule has 0 atom stereocenters. The summed E-state index contributed by atoms with van der Waals surface area (Å²) in [6.07, 6.45) is 1.61. The predicted octanol–water partition coefficient (Wildman–Crippen LogP) is 5.16. The van der Waals surface area contributed by atoms with Crippen LogP contribution >= 0.6 is 43.6 Å². The highest BCUT2D eigenvalue weighted by atomic mass is 79.9. The molecule has 2 aromatic carbocycles. The number of methoxy groups -OCH3 is 1. The van der Waals surface area contributed by atoms with E-state index in [1.807, 2.05) is 24.3 Å². The predicted molar refractivity (Wildman–Crippen MR) is 108 cm³/mol. The lowest BCUT2D eigenvalue weighted by Crippen LogP contribution is -2.27. The second-order valence-corrected chi connectivity index (χ2v) is 8.11. The minimum absolute atomic E-state index is 0.0152. The van der Waals surface area contributed by atoms with Gasteiger partial charge < -0.3 is 9.84 Å². The highest BCUT2D eigenvalue weighted by Gasteiger charge is 2.35. The normalized spacial score (nSPS) is 15.8. The molecule has 26 heavy (non-hydrogen) atoms. The van der Waals surface area contributed by atoms with Crippen LogP contribution in [0.5, 0.6) is 11.5 Å². The molecule has 3 rings (SSSR count). The molecule has 8 heteroatoms. The number of carbonyl (C=O) groups excluding carboxylic acids is 2. The monoisotopic (exact) mass is 497 g/mol. The van der Waals surface area contributed by atoms with Gasteiger partial charge in [0.1, 0.15) is 0 Å². The second-order valence-electron chi connectivity index (χ2n) is 5.40. The lowest BCUT2D eigenvalue weighted by Gasteiger charge is -2.13. The van der Waals surface area contributed by atoms with Gasteiger partial charge in [0, 0.05) is 8.95 Å². The van der Waals surface area contributed by atoms with Crippen LogP contribution in [0.4, 0.5) is 4.79 Å². The van der Waals surface area contributed by atoms with Crippen molar-refractivity contribution in [2.75, 3.05) is 7.11 Å². The molecule has 1 fully saturated rings. The molecule has 0 spiro atoms. The molecule has 1 aliphatic heterocycles. The molecule has 0 saturated carbocycles. The summed E-state index contributed by atoms with van der Waals surface area (Å²) in [5.74, 6) is -0.0832. The van der Waals surface area contributed by atoms with E-state index in [-0.39, 0.29) is 29.2 Å². The van der Waals surface area contributed by atoms with Gasteiger partial charge in [-0.1, -0.05) is 50.1 Å². The fourth-order valence-corrected chi connectivity index (χ4v) is 4.09. The third kappa shape index (κ3) is 3.82. The Hall–Kier alpha value is -1.77. The summed E-state index contributed by atoms with van der Waals surface area (Å²) in [5.41, 5.74) is 1.48. The fraction of sp³-hybridized carbons (Fsp3) is 0.111. The Morgan fingerprint density at radius 3 is 2.62 bits per heavy atom. The van der Waals surface area contributed by atoms with Gasteiger partial charge in [0.15, 0.2) is 11.5 Å². The van der Waals surface area contributed by atoms with Crippen LogP contribution in [0.3, 0.4) is 0 Å². The van der Waals surface area contributed by atoms with Gasteiger partial charge in [-0.2, -0.15) is 0 Å². The molecular weight excluding hydrogens is 486 g/mol. The molecule has 1 aliphatic rings. The summed E-state index contributed by atoms with van der Waals surface area (Å²) in [5, 5.41) is 9.47. The molecule has 2 aromatic rings. The number of hydrogen-bond acceptors (Lipinski definition) is 5. The van der Waals surface area contributed by atoms with E-state index in [1.54, 1.807) is 12.1 Å². The second kappa shape index (κ2) is 7.85. The Morgan fingerprint density at radius 2 is 1.92 bits per heavy atom. The number of rotatable bonds is 4. The summed E-state index contributed by atoms with van der Waals surface area (Å²) < 4.78 is 6.52. The number of amides is 2. The Morgan fingerprint density at radius 1 is 1.19 bits per heavy atom. The standard InChI is InChI=1S/C18H13Br2NO4S/c1-25-15-6-11(13(20)8-14(15)22)7-16-17(23)21(18(24)26-16)9-10-4-2-3-5-12(10)19/h2-8,22H,9H2,1H3/b16-7-. The molecule has 1 saturated heterocycles. The smallest absolute Gasteiger partial charge is 0.293 e. The number of phenolic OH excluding ortho intramolecular Hbond substituents is 1. The number of phenols is 1. The molecule has 0 aromatic heterocycles. The third-order valence-electron chi connectivity index (χ3n) is 3.74. The number of imide groups is 1. The lowest BCUT2D eigenvalue weighted by atomic mass is 10.1. The van der Waals surface area contributed by atoms with E-state index < -0.39 is 0 Å². The van der Waals surface area contributed by atoms with Crippen molar-refractivity contribution in [2.45, 2.75) is 6.54 Å². The molecule has 0 unspecified atom stereocenters. The van der Waals surface area contributed by atoms with Crippen molar-refractivity contribution >= 4 is 60.8 Å². The first-order valence-electron chi connectivity index (χ1n) is 7.46. The van der Waals surface area contributed by atoms with E-state index >= 15 is 0 Å². The van der Waals surface area contributed by atoms with Crippen LogP contribution in [0.2, 0.25) is 0 Å². The number of nitrogens with zero attached hydrogens (tertiary/aromatic N) is 1. The maximum Gasteiger partial charge on any atom is 0.293 e. The first-order chi connectivity index (χ1) is 12.4. The van der Waals surface area contributed by atoms with Crippen molar-refractivity contribution < 1.29 is 19.4 Å². The molecule has 0 aliphatic carbocycles. The van der Waals surface area contributed by atoms with Crippen LogP contribution in [0.15, 0.2) is 50.2 Å². The number of halogens is 2. The number of aromatic hydroxyl groups is 1. The quantitative estimate of drug-likeness (QED) is 0.589. The summed E-state index contributed by atoms with van der Waals surface area (Å²) in [6.45, 7) is 0.198. The van der Waals surface area contributed by atoms with Gasteiger partial charge in [-0.3, -0.25) is 14.5 Å². The molecule has 0 radical (unpaired) electrons. The van der Waals surface area contributed by atoms with Crippen LogP contribution in [0.1, 0.15) is 11.1 Å². The van der Waals surface area contributed by atoms with Gasteiger partial charge >= 0.3 is 0 Å². The Balaban J connectivity index is 1.89. The first kappa shape index (κ1) is 19.0. The minimum Gasteiger partial charge on any atom is -0.504 e. The Kier molecular flexibility index (Phi) is 5.74. The molecule has 1 N–H and O–H groups in total. The number of benzene rings is 2. The van der Waals surface area contributed by atoms with Crippen LogP contribution < -0.4 is 4.74 Å². The third-order valence-corrected chi connectivity index (χ3v) is 6.11. The van der Waals surface area contributed by atoms with Crippen LogP contribution in [-0.2, 0) is 11.3 Å². The van der Waals surface area contributed by atoms with Crippen molar-refractivity contribution in [3.05, 3.63) is 61.4 Å². The number of carbonyl (C=O) groups is 2. The zero-order chi connectivity index (χ0) is 18.8. The molecule has 5 nitrogen and oxygen atoms in total. The van der Waals surface area contributed by atoms with Gasteiger partial charge in [0.05, 0.1) is 18.6 Å². The Bertz CT molecular complexity index is 929. The average molecular weight is 499 g/mol. The van der Waals surface area contributed by atoms with Gasteiger partial charge in [-0.05, 0) is 47.2 Å². The van der Waals surface area contributed by atoms with Crippen molar-refractivity contribution in [3.63, 3.8) is 0 Å². The average Bonchev–Trinajstić information content (AvgIpc) is 2.86. The van der Waals surface area contributed by atoms with E-state index in [9.17, 15) is 14.7 Å². The fourth-order valence-electron chi connectivity index (χ4n) is 2.41. The molecule has 1 heterocycles. The van der Waals surface area contributed by atoms with E-state index in [4.69, 9.17) is 4.74 Å². The summed E-state index contributed by atoms with van der Waals surface area (Å²) in [4.78, 5) is 26.5. The maximum atomic E-state index is 12.7. The van der Waals surface area contributed by atoms with Gasteiger partial charge in [-0.25, -0.2) is 0 Å². The van der Waals surface area contributed by atoms with Crippen molar-refractivity contribution in [1.82, 2.24) is 4.90 Å². The van der Waals surface area contributed by atoms with Crippen LogP contribution in [0, 0.1) is 0 Å².